The molecule has 1 rings (SSSR count). The molecule has 1 saturated heterocycles. The Kier molecular flexibility index (Phi) is 4.99. The first kappa shape index (κ1) is 14.8. The number of likely N-dealkylation sites (tertiary alicyclic amines) is 1. The highest BCUT2D eigenvalue weighted by Gasteiger charge is 2.38. The van der Waals surface area contributed by atoms with Crippen molar-refractivity contribution in [3.63, 3.8) is 0 Å². The second kappa shape index (κ2) is 6.07. The molecule has 0 aromatic heterocycles. The number of aliphatic carboxylic acids is 1. The third kappa shape index (κ3) is 3.37. The summed E-state index contributed by atoms with van der Waals surface area (Å²) in [5.41, 5.74) is 0. The van der Waals surface area contributed by atoms with Crippen LogP contribution in [0.3, 0.4) is 0 Å². The van der Waals surface area contributed by atoms with Gasteiger partial charge in [-0.15, -0.1) is 0 Å². The largest absolute Gasteiger partial charge is 0.481 e. The molecule has 0 radical (unpaired) electrons. The summed E-state index contributed by atoms with van der Waals surface area (Å²) < 4.78 is 0. The summed E-state index contributed by atoms with van der Waals surface area (Å²) in [6.07, 6.45) is 0.545. The molecule has 2 amide bonds. The number of amides is 2. The van der Waals surface area contributed by atoms with E-state index in [-0.39, 0.29) is 12.1 Å². The van der Waals surface area contributed by atoms with Gasteiger partial charge in [0.05, 0.1) is 5.92 Å². The molecule has 0 aliphatic carbocycles. The number of carbonyl (C=O) groups excluding carboxylic acids is 1. The molecule has 1 aliphatic rings. The first-order chi connectivity index (χ1) is 8.34. The first-order valence-electron chi connectivity index (χ1n) is 6.61. The van der Waals surface area contributed by atoms with E-state index in [0.717, 1.165) is 0 Å². The van der Waals surface area contributed by atoms with E-state index in [2.05, 4.69) is 26.1 Å². The highest BCUT2D eigenvalue weighted by Crippen LogP contribution is 2.24. The quantitative estimate of drug-likeness (QED) is 0.805. The molecule has 2 N–H and O–H groups in total. The maximum absolute atomic E-state index is 12.0. The van der Waals surface area contributed by atoms with Crippen LogP contribution in [0.5, 0.6) is 0 Å². The molecule has 5 heteroatoms. The highest BCUT2D eigenvalue weighted by atomic mass is 16.4. The standard InChI is InChI=1S/C13H24N2O3/c1-8(2)9(3)7-14-13(18)15-6-5-11(10(15)4)12(16)17/h8-11H,5-7H2,1-4H3,(H,14,18)(H,16,17). The van der Waals surface area contributed by atoms with E-state index >= 15 is 0 Å². The topological polar surface area (TPSA) is 69.6 Å². The summed E-state index contributed by atoms with van der Waals surface area (Å²) in [6, 6.07) is -0.365. The number of hydrogen-bond acceptors (Lipinski definition) is 2. The summed E-state index contributed by atoms with van der Waals surface area (Å²) >= 11 is 0. The summed E-state index contributed by atoms with van der Waals surface area (Å²) in [5, 5.41) is 11.9. The lowest BCUT2D eigenvalue weighted by molar-refractivity contribution is -0.142. The van der Waals surface area contributed by atoms with Gasteiger partial charge in [-0.3, -0.25) is 4.79 Å². The highest BCUT2D eigenvalue weighted by molar-refractivity contribution is 5.78. The van der Waals surface area contributed by atoms with Gasteiger partial charge in [-0.05, 0) is 25.2 Å². The van der Waals surface area contributed by atoms with Crippen LogP contribution in [0.25, 0.3) is 0 Å². The van der Waals surface area contributed by atoms with Gasteiger partial charge in [-0.25, -0.2) is 4.79 Å². The molecule has 3 unspecified atom stereocenters. The number of urea groups is 1. The van der Waals surface area contributed by atoms with E-state index in [1.54, 1.807) is 11.8 Å². The lowest BCUT2D eigenvalue weighted by atomic mass is 9.98. The zero-order valence-corrected chi connectivity index (χ0v) is 11.6. The molecule has 0 aromatic rings. The molecule has 1 heterocycles. The third-order valence-corrected chi connectivity index (χ3v) is 4.05. The van der Waals surface area contributed by atoms with Crippen LogP contribution in [0.2, 0.25) is 0 Å². The van der Waals surface area contributed by atoms with Crippen molar-refractivity contribution in [2.75, 3.05) is 13.1 Å². The molecule has 0 bridgehead atoms. The summed E-state index contributed by atoms with van der Waals surface area (Å²) in [7, 11) is 0. The van der Waals surface area contributed by atoms with Gasteiger partial charge >= 0.3 is 12.0 Å². The van der Waals surface area contributed by atoms with E-state index in [9.17, 15) is 9.59 Å². The Hall–Kier alpha value is -1.26. The summed E-state index contributed by atoms with van der Waals surface area (Å²) in [4.78, 5) is 24.6. The molecule has 1 fully saturated rings. The normalized spacial score (nSPS) is 25.3. The number of carboxylic acid groups (broad SMARTS) is 1. The predicted octanol–water partition coefficient (Wildman–Crippen LogP) is 1.78. The van der Waals surface area contributed by atoms with Crippen molar-refractivity contribution in [3.8, 4) is 0 Å². The number of carbonyl (C=O) groups is 2. The molecule has 0 saturated carbocycles. The predicted molar refractivity (Wildman–Crippen MR) is 69.3 cm³/mol. The molecule has 18 heavy (non-hydrogen) atoms. The van der Waals surface area contributed by atoms with Crippen LogP contribution in [0.4, 0.5) is 4.79 Å². The average Bonchev–Trinajstić information content (AvgIpc) is 2.67. The minimum absolute atomic E-state index is 0.140. The molecule has 1 aliphatic heterocycles. The lowest BCUT2D eigenvalue weighted by Crippen LogP contribution is -2.45. The summed E-state index contributed by atoms with van der Waals surface area (Å²) in [5.74, 6) is -0.304. The smallest absolute Gasteiger partial charge is 0.317 e. The fraction of sp³-hybridized carbons (Fsp3) is 0.846. The second-order valence-corrected chi connectivity index (χ2v) is 5.57. The Morgan fingerprint density at radius 3 is 2.44 bits per heavy atom. The molecule has 0 aromatic carbocycles. The van der Waals surface area contributed by atoms with Gasteiger partial charge in [0.25, 0.3) is 0 Å². The zero-order valence-electron chi connectivity index (χ0n) is 11.6. The number of carboxylic acids is 1. The van der Waals surface area contributed by atoms with Gasteiger partial charge in [0.15, 0.2) is 0 Å². The van der Waals surface area contributed by atoms with E-state index in [1.807, 2.05) is 0 Å². The Labute approximate surface area is 109 Å². The van der Waals surface area contributed by atoms with Crippen LogP contribution >= 0.6 is 0 Å². The number of hydrogen-bond donors (Lipinski definition) is 2. The van der Waals surface area contributed by atoms with Crippen molar-refractivity contribution < 1.29 is 14.7 Å². The van der Waals surface area contributed by atoms with Gasteiger partial charge in [0.2, 0.25) is 0 Å². The van der Waals surface area contributed by atoms with Crippen LogP contribution in [-0.4, -0.2) is 41.1 Å². The Bertz CT molecular complexity index is 317. The Morgan fingerprint density at radius 2 is 2.00 bits per heavy atom. The molecule has 3 atom stereocenters. The second-order valence-electron chi connectivity index (χ2n) is 5.57. The van der Waals surface area contributed by atoms with E-state index in [4.69, 9.17) is 5.11 Å². The van der Waals surface area contributed by atoms with Crippen LogP contribution in [0.1, 0.15) is 34.1 Å². The minimum Gasteiger partial charge on any atom is -0.481 e. The molecular weight excluding hydrogens is 232 g/mol. The Morgan fingerprint density at radius 1 is 1.39 bits per heavy atom. The van der Waals surface area contributed by atoms with E-state index in [1.165, 1.54) is 0 Å². The fourth-order valence-corrected chi connectivity index (χ4v) is 2.14. The van der Waals surface area contributed by atoms with Crippen LogP contribution in [0, 0.1) is 17.8 Å². The number of rotatable bonds is 4. The van der Waals surface area contributed by atoms with Gasteiger partial charge in [-0.1, -0.05) is 20.8 Å². The fourth-order valence-electron chi connectivity index (χ4n) is 2.14. The molecule has 5 nitrogen and oxygen atoms in total. The Balaban J connectivity index is 2.46. The van der Waals surface area contributed by atoms with Crippen LogP contribution < -0.4 is 5.32 Å². The lowest BCUT2D eigenvalue weighted by Gasteiger charge is -2.25. The van der Waals surface area contributed by atoms with Crippen molar-refractivity contribution in [2.24, 2.45) is 17.8 Å². The van der Waals surface area contributed by atoms with Crippen LogP contribution in [0.15, 0.2) is 0 Å². The van der Waals surface area contributed by atoms with Crippen LogP contribution in [-0.2, 0) is 4.79 Å². The zero-order chi connectivity index (χ0) is 13.9. The SMILES string of the molecule is CC(C)C(C)CNC(=O)N1CCC(C(=O)O)C1C. The molecular formula is C13H24N2O3. The summed E-state index contributed by atoms with van der Waals surface area (Å²) in [6.45, 7) is 9.30. The first-order valence-corrected chi connectivity index (χ1v) is 6.61. The van der Waals surface area contributed by atoms with Crippen molar-refractivity contribution in [1.82, 2.24) is 10.2 Å². The number of nitrogens with zero attached hydrogens (tertiary/aromatic N) is 1. The van der Waals surface area contributed by atoms with Gasteiger partial charge in [0.1, 0.15) is 0 Å². The van der Waals surface area contributed by atoms with Crippen molar-refractivity contribution in [2.45, 2.75) is 40.2 Å². The van der Waals surface area contributed by atoms with Gasteiger partial charge in [0, 0.05) is 19.1 Å². The van der Waals surface area contributed by atoms with Crippen molar-refractivity contribution >= 4 is 12.0 Å². The van der Waals surface area contributed by atoms with E-state index in [0.29, 0.717) is 31.3 Å². The monoisotopic (exact) mass is 256 g/mol. The van der Waals surface area contributed by atoms with Crippen molar-refractivity contribution in [1.29, 1.82) is 0 Å². The molecule has 0 spiro atoms. The van der Waals surface area contributed by atoms with E-state index < -0.39 is 11.9 Å². The minimum atomic E-state index is -0.812. The number of nitrogens with one attached hydrogen (secondary N) is 1. The van der Waals surface area contributed by atoms with Gasteiger partial charge < -0.3 is 15.3 Å². The maximum Gasteiger partial charge on any atom is 0.317 e. The maximum atomic E-state index is 12.0. The van der Waals surface area contributed by atoms with Gasteiger partial charge in [-0.2, -0.15) is 0 Å². The third-order valence-electron chi connectivity index (χ3n) is 4.05. The molecule has 104 valence electrons. The average molecular weight is 256 g/mol. The van der Waals surface area contributed by atoms with Crippen molar-refractivity contribution in [3.05, 3.63) is 0 Å².